The molecule has 0 spiro atoms. The molecule has 0 aliphatic carbocycles. The monoisotopic (exact) mass is 385 g/mol. The summed E-state index contributed by atoms with van der Waals surface area (Å²) in [6.45, 7) is 3.31. The fourth-order valence-corrected chi connectivity index (χ4v) is 4.10. The number of nitrogens with one attached hydrogen (secondary N) is 1. The van der Waals surface area contributed by atoms with Crippen LogP contribution >= 0.6 is 11.6 Å². The normalized spacial score (nSPS) is 17.4. The lowest BCUT2D eigenvalue weighted by Crippen LogP contribution is -2.43. The predicted octanol–water partition coefficient (Wildman–Crippen LogP) is 3.36. The average molecular weight is 386 g/mol. The van der Waals surface area contributed by atoms with Gasteiger partial charge in [0.25, 0.3) is 0 Å². The van der Waals surface area contributed by atoms with Gasteiger partial charge in [-0.1, -0.05) is 35.9 Å². The number of benzene rings is 2. The molecule has 2 heterocycles. The molecule has 1 fully saturated rings. The Morgan fingerprint density at radius 2 is 1.74 bits per heavy atom. The van der Waals surface area contributed by atoms with E-state index in [4.69, 9.17) is 11.6 Å². The Balaban J connectivity index is 1.32. The number of nitrogens with zero attached hydrogens (tertiary/aromatic N) is 2. The highest BCUT2D eigenvalue weighted by atomic mass is 35.5. The molecule has 142 valence electrons. The third-order valence-corrected chi connectivity index (χ3v) is 5.85. The lowest BCUT2D eigenvalue weighted by molar-refractivity contribution is -0.0261. The maximum Gasteiger partial charge on any atom is 0.326 e. The number of imidazole rings is 1. The third kappa shape index (κ3) is 3.81. The van der Waals surface area contributed by atoms with Crippen LogP contribution in [0, 0.1) is 0 Å². The topological polar surface area (TPSA) is 61.3 Å². The maximum absolute atomic E-state index is 12.1. The van der Waals surface area contributed by atoms with E-state index in [-0.39, 0.29) is 5.69 Å². The van der Waals surface area contributed by atoms with Gasteiger partial charge in [-0.3, -0.25) is 4.57 Å². The zero-order valence-corrected chi connectivity index (χ0v) is 16.0. The first-order chi connectivity index (χ1) is 13.0. The number of aromatic amines is 1. The maximum atomic E-state index is 12.1. The minimum Gasteiger partial charge on any atom is -0.385 e. The Kier molecular flexibility index (Phi) is 5.08. The molecule has 27 heavy (non-hydrogen) atoms. The van der Waals surface area contributed by atoms with Crippen molar-refractivity contribution in [3.05, 3.63) is 69.6 Å². The molecule has 0 radical (unpaired) electrons. The molecule has 0 bridgehead atoms. The number of aliphatic hydroxyl groups is 1. The Morgan fingerprint density at radius 3 is 2.48 bits per heavy atom. The first kappa shape index (κ1) is 18.3. The Labute approximate surface area is 163 Å². The molecule has 0 amide bonds. The van der Waals surface area contributed by atoms with Crippen molar-refractivity contribution in [3.8, 4) is 0 Å². The first-order valence-corrected chi connectivity index (χ1v) is 9.81. The molecular formula is C21H24ClN3O2. The van der Waals surface area contributed by atoms with Gasteiger partial charge in [-0.05, 0) is 55.6 Å². The molecular weight excluding hydrogens is 362 g/mol. The lowest BCUT2D eigenvalue weighted by atomic mass is 9.84. The van der Waals surface area contributed by atoms with Crippen LogP contribution in [0.15, 0.2) is 53.3 Å². The second-order valence-corrected chi connectivity index (χ2v) is 7.77. The number of H-pyrrole nitrogens is 1. The van der Waals surface area contributed by atoms with E-state index in [1.165, 1.54) is 0 Å². The minimum absolute atomic E-state index is 0.0491. The summed E-state index contributed by atoms with van der Waals surface area (Å²) >= 11 is 5.95. The lowest BCUT2D eigenvalue weighted by Gasteiger charge is -2.38. The van der Waals surface area contributed by atoms with Crippen molar-refractivity contribution in [1.82, 2.24) is 14.5 Å². The van der Waals surface area contributed by atoms with E-state index in [2.05, 4.69) is 9.88 Å². The zero-order valence-electron chi connectivity index (χ0n) is 15.2. The molecule has 2 N–H and O–H groups in total. The van der Waals surface area contributed by atoms with Crippen molar-refractivity contribution in [3.63, 3.8) is 0 Å². The average Bonchev–Trinajstić information content (AvgIpc) is 2.99. The van der Waals surface area contributed by atoms with Gasteiger partial charge in [-0.25, -0.2) is 4.79 Å². The van der Waals surface area contributed by atoms with Crippen molar-refractivity contribution in [1.29, 1.82) is 0 Å². The highest BCUT2D eigenvalue weighted by Crippen LogP contribution is 2.33. The second-order valence-electron chi connectivity index (χ2n) is 7.33. The quantitative estimate of drug-likeness (QED) is 0.708. The molecule has 0 atom stereocenters. The molecule has 5 nitrogen and oxygen atoms in total. The van der Waals surface area contributed by atoms with E-state index in [9.17, 15) is 9.90 Å². The Hall–Kier alpha value is -2.08. The summed E-state index contributed by atoms with van der Waals surface area (Å²) in [4.78, 5) is 17.4. The summed E-state index contributed by atoms with van der Waals surface area (Å²) < 4.78 is 1.81. The van der Waals surface area contributed by atoms with Gasteiger partial charge in [0.1, 0.15) is 0 Å². The zero-order chi connectivity index (χ0) is 18.9. The van der Waals surface area contributed by atoms with Gasteiger partial charge < -0.3 is 15.0 Å². The van der Waals surface area contributed by atoms with Crippen LogP contribution in [0.2, 0.25) is 5.02 Å². The number of likely N-dealkylation sites (tertiary alicyclic amines) is 1. The number of rotatable bonds is 5. The first-order valence-electron chi connectivity index (χ1n) is 9.43. The van der Waals surface area contributed by atoms with Crippen LogP contribution in [0.25, 0.3) is 11.0 Å². The SMILES string of the molecule is O=c1[nH]c2ccccc2n1CCCN1CCC(O)(c2ccc(Cl)cc2)CC1. The van der Waals surface area contributed by atoms with Crippen molar-refractivity contribution in [2.75, 3.05) is 19.6 Å². The number of para-hydroxylation sites is 2. The molecule has 1 aromatic heterocycles. The van der Waals surface area contributed by atoms with Crippen LogP contribution in [0.4, 0.5) is 0 Å². The number of aromatic nitrogens is 2. The van der Waals surface area contributed by atoms with Gasteiger partial charge >= 0.3 is 5.69 Å². The third-order valence-electron chi connectivity index (χ3n) is 5.60. The molecule has 2 aromatic carbocycles. The molecule has 0 unspecified atom stereocenters. The molecule has 6 heteroatoms. The van der Waals surface area contributed by atoms with Gasteiger partial charge in [0.15, 0.2) is 0 Å². The van der Waals surface area contributed by atoms with Crippen LogP contribution in [-0.4, -0.2) is 39.2 Å². The fourth-order valence-electron chi connectivity index (χ4n) is 3.98. The summed E-state index contributed by atoms with van der Waals surface area (Å²) in [7, 11) is 0. The van der Waals surface area contributed by atoms with Crippen molar-refractivity contribution >= 4 is 22.6 Å². The summed E-state index contributed by atoms with van der Waals surface area (Å²) in [5, 5.41) is 11.6. The molecule has 4 rings (SSSR count). The summed E-state index contributed by atoms with van der Waals surface area (Å²) in [6.07, 6.45) is 2.32. The van der Waals surface area contributed by atoms with Gasteiger partial charge in [0.05, 0.1) is 16.6 Å². The van der Waals surface area contributed by atoms with Crippen molar-refractivity contribution in [2.45, 2.75) is 31.4 Å². The summed E-state index contributed by atoms with van der Waals surface area (Å²) in [5.41, 5.74) is 1.96. The Morgan fingerprint density at radius 1 is 1.04 bits per heavy atom. The molecule has 1 saturated heterocycles. The van der Waals surface area contributed by atoms with Crippen LogP contribution in [0.3, 0.4) is 0 Å². The molecule has 0 saturated carbocycles. The van der Waals surface area contributed by atoms with Gasteiger partial charge in [-0.2, -0.15) is 0 Å². The number of fused-ring (bicyclic) bond motifs is 1. The fraction of sp³-hybridized carbons (Fsp3) is 0.381. The van der Waals surface area contributed by atoms with Gasteiger partial charge in [-0.15, -0.1) is 0 Å². The number of hydrogen-bond donors (Lipinski definition) is 2. The van der Waals surface area contributed by atoms with Crippen LogP contribution < -0.4 is 5.69 Å². The van der Waals surface area contributed by atoms with Gasteiger partial charge in [0, 0.05) is 24.7 Å². The highest BCUT2D eigenvalue weighted by Gasteiger charge is 2.33. The van der Waals surface area contributed by atoms with E-state index in [1.54, 1.807) is 0 Å². The van der Waals surface area contributed by atoms with E-state index in [0.717, 1.165) is 42.7 Å². The van der Waals surface area contributed by atoms with Crippen molar-refractivity contribution in [2.24, 2.45) is 0 Å². The summed E-state index contributed by atoms with van der Waals surface area (Å²) in [6, 6.07) is 15.3. The smallest absolute Gasteiger partial charge is 0.326 e. The second kappa shape index (κ2) is 7.50. The van der Waals surface area contributed by atoms with Crippen molar-refractivity contribution < 1.29 is 5.11 Å². The van der Waals surface area contributed by atoms with E-state index in [1.807, 2.05) is 53.1 Å². The van der Waals surface area contributed by atoms with Gasteiger partial charge in [0.2, 0.25) is 0 Å². The predicted molar refractivity (Wildman–Crippen MR) is 108 cm³/mol. The number of aryl methyl sites for hydroxylation is 1. The van der Waals surface area contributed by atoms with Crippen LogP contribution in [0.5, 0.6) is 0 Å². The summed E-state index contributed by atoms with van der Waals surface area (Å²) in [5.74, 6) is 0. The molecule has 1 aliphatic heterocycles. The largest absolute Gasteiger partial charge is 0.385 e. The minimum atomic E-state index is -0.769. The van der Waals surface area contributed by atoms with E-state index < -0.39 is 5.60 Å². The highest BCUT2D eigenvalue weighted by molar-refractivity contribution is 6.30. The number of hydrogen-bond acceptors (Lipinski definition) is 3. The van der Waals surface area contributed by atoms with E-state index in [0.29, 0.717) is 24.4 Å². The Bertz CT molecular complexity index is 969. The van der Waals surface area contributed by atoms with Crippen LogP contribution in [-0.2, 0) is 12.1 Å². The molecule has 3 aromatic rings. The van der Waals surface area contributed by atoms with Crippen LogP contribution in [0.1, 0.15) is 24.8 Å². The van der Waals surface area contributed by atoms with E-state index >= 15 is 0 Å². The molecule has 1 aliphatic rings. The number of halogens is 1. The number of piperidine rings is 1. The standard InChI is InChI=1S/C21H24ClN3O2/c22-17-8-6-16(7-9-17)21(27)10-14-24(15-11-21)12-3-13-25-19-5-2-1-4-18(19)23-20(25)26/h1-2,4-9,27H,3,10-15H2,(H,23,26).